The van der Waals surface area contributed by atoms with Crippen LogP contribution in [0.15, 0.2) is 73.6 Å². The third-order valence-corrected chi connectivity index (χ3v) is 6.37. The Labute approximate surface area is 194 Å². The lowest BCUT2D eigenvalue weighted by Crippen LogP contribution is -2.50. The van der Waals surface area contributed by atoms with E-state index in [0.717, 1.165) is 5.69 Å². The first-order valence-corrected chi connectivity index (χ1v) is 10.8. The highest BCUT2D eigenvalue weighted by molar-refractivity contribution is 5.95. The molecule has 1 aliphatic heterocycles. The van der Waals surface area contributed by atoms with Gasteiger partial charge in [0, 0.05) is 23.7 Å². The number of benzene rings is 2. The molecule has 3 heterocycles. The number of amides is 2. The number of nitrogens with one attached hydrogen (secondary N) is 1. The van der Waals surface area contributed by atoms with E-state index in [-0.39, 0.29) is 18.1 Å². The normalized spacial score (nSPS) is 18.5. The van der Waals surface area contributed by atoms with Gasteiger partial charge in [-0.3, -0.25) is 4.90 Å². The Morgan fingerprint density at radius 3 is 2.65 bits per heavy atom. The SMILES string of the molecule is C[C@H](C1CNC(=O)N1c1ccc(-n2ccnn2)cc1)[C@](O)(Cn1cncn1)c1ccccc1F. The zero-order valence-electron chi connectivity index (χ0n) is 18.4. The molecule has 3 atom stereocenters. The quantitative estimate of drug-likeness (QED) is 0.435. The number of rotatable bonds is 7. The lowest BCUT2D eigenvalue weighted by atomic mass is 9.77. The van der Waals surface area contributed by atoms with Gasteiger partial charge < -0.3 is 10.4 Å². The molecule has 0 spiro atoms. The second-order valence-corrected chi connectivity index (χ2v) is 8.27. The summed E-state index contributed by atoms with van der Waals surface area (Å²) in [6, 6.07) is 12.6. The smallest absolute Gasteiger partial charge is 0.322 e. The van der Waals surface area contributed by atoms with Crippen LogP contribution < -0.4 is 10.2 Å². The third kappa shape index (κ3) is 3.79. The molecule has 4 aromatic rings. The Hall–Kier alpha value is -4.12. The van der Waals surface area contributed by atoms with Crippen molar-refractivity contribution < 1.29 is 14.3 Å². The minimum absolute atomic E-state index is 0.0289. The topological polar surface area (TPSA) is 114 Å². The largest absolute Gasteiger partial charge is 0.383 e. The number of urea groups is 1. The van der Waals surface area contributed by atoms with Gasteiger partial charge in [0.2, 0.25) is 0 Å². The monoisotopic (exact) mass is 462 g/mol. The summed E-state index contributed by atoms with van der Waals surface area (Å²) in [7, 11) is 0. The zero-order valence-corrected chi connectivity index (χ0v) is 18.4. The van der Waals surface area contributed by atoms with Crippen LogP contribution in [-0.2, 0) is 12.1 Å². The number of carbonyl (C=O) groups is 1. The van der Waals surface area contributed by atoms with Crippen molar-refractivity contribution in [3.8, 4) is 5.69 Å². The molecule has 11 heteroatoms. The highest BCUT2D eigenvalue weighted by atomic mass is 19.1. The maximum absolute atomic E-state index is 14.9. The first-order valence-electron chi connectivity index (χ1n) is 10.8. The summed E-state index contributed by atoms with van der Waals surface area (Å²) in [5.74, 6) is -1.11. The summed E-state index contributed by atoms with van der Waals surface area (Å²) in [5.41, 5.74) is -0.0970. The van der Waals surface area contributed by atoms with Gasteiger partial charge in [-0.05, 0) is 30.3 Å². The Balaban J connectivity index is 1.50. The average Bonchev–Trinajstić information content (AvgIpc) is 3.62. The predicted molar refractivity (Wildman–Crippen MR) is 121 cm³/mol. The minimum atomic E-state index is -1.67. The number of aromatic nitrogens is 6. The maximum Gasteiger partial charge on any atom is 0.322 e. The molecular formula is C23H23FN8O2. The third-order valence-electron chi connectivity index (χ3n) is 6.37. The molecule has 1 fully saturated rings. The van der Waals surface area contributed by atoms with Crippen molar-refractivity contribution in [1.29, 1.82) is 0 Å². The number of hydrogen-bond acceptors (Lipinski definition) is 6. The van der Waals surface area contributed by atoms with Crippen molar-refractivity contribution >= 4 is 11.7 Å². The second-order valence-electron chi connectivity index (χ2n) is 8.27. The average molecular weight is 462 g/mol. The molecule has 2 amide bonds. The van der Waals surface area contributed by atoms with E-state index >= 15 is 0 Å². The van der Waals surface area contributed by atoms with Crippen molar-refractivity contribution in [3.05, 3.63) is 85.0 Å². The maximum atomic E-state index is 14.9. The van der Waals surface area contributed by atoms with Gasteiger partial charge in [-0.1, -0.05) is 30.3 Å². The summed E-state index contributed by atoms with van der Waals surface area (Å²) < 4.78 is 18.0. The van der Waals surface area contributed by atoms with Crippen LogP contribution >= 0.6 is 0 Å². The highest BCUT2D eigenvalue weighted by Crippen LogP contribution is 2.39. The molecule has 10 nitrogen and oxygen atoms in total. The van der Waals surface area contributed by atoms with Crippen LogP contribution in [0, 0.1) is 11.7 Å². The Bertz CT molecular complexity index is 1260. The van der Waals surface area contributed by atoms with Gasteiger partial charge in [0.15, 0.2) is 0 Å². The van der Waals surface area contributed by atoms with Crippen LogP contribution in [0.5, 0.6) is 0 Å². The molecule has 2 aromatic carbocycles. The van der Waals surface area contributed by atoms with Crippen molar-refractivity contribution in [2.75, 3.05) is 11.4 Å². The molecule has 174 valence electrons. The van der Waals surface area contributed by atoms with E-state index in [2.05, 4.69) is 25.7 Å². The summed E-state index contributed by atoms with van der Waals surface area (Å²) in [6.07, 6.45) is 6.13. The number of hydrogen-bond donors (Lipinski definition) is 2. The first-order chi connectivity index (χ1) is 16.5. The molecule has 2 N–H and O–H groups in total. The zero-order chi connectivity index (χ0) is 23.7. The molecule has 0 radical (unpaired) electrons. The van der Waals surface area contributed by atoms with Crippen LogP contribution in [0.3, 0.4) is 0 Å². The second kappa shape index (κ2) is 8.67. The van der Waals surface area contributed by atoms with Gasteiger partial charge in [0.05, 0.1) is 30.7 Å². The van der Waals surface area contributed by atoms with E-state index < -0.39 is 23.4 Å². The van der Waals surface area contributed by atoms with E-state index in [1.165, 1.54) is 23.4 Å². The fourth-order valence-corrected chi connectivity index (χ4v) is 4.51. The van der Waals surface area contributed by atoms with E-state index in [1.54, 1.807) is 52.3 Å². The van der Waals surface area contributed by atoms with Gasteiger partial charge in [0.1, 0.15) is 24.1 Å². The van der Waals surface area contributed by atoms with E-state index in [9.17, 15) is 14.3 Å². The van der Waals surface area contributed by atoms with Crippen LogP contribution in [0.4, 0.5) is 14.9 Å². The first kappa shape index (κ1) is 21.7. The molecule has 0 bridgehead atoms. The van der Waals surface area contributed by atoms with E-state index in [1.807, 2.05) is 19.1 Å². The van der Waals surface area contributed by atoms with Gasteiger partial charge in [-0.2, -0.15) is 5.10 Å². The van der Waals surface area contributed by atoms with Crippen LogP contribution in [0.1, 0.15) is 12.5 Å². The molecular weight excluding hydrogens is 439 g/mol. The fraction of sp³-hybridized carbons (Fsp3) is 0.261. The molecule has 2 aromatic heterocycles. The standard InChI is InChI=1S/C23H23FN8O2/c1-16(23(34,13-30-15-25-14-28-30)19-4-2-3-5-20(19)24)21-12-26-22(33)32(21)18-8-6-17(7-9-18)31-11-10-27-29-31/h2-11,14-16,21,34H,12-13H2,1H3,(H,26,33)/t16-,21?,23-/m1/s1. The number of halogens is 1. The molecule has 1 unspecified atom stereocenters. The number of nitrogens with zero attached hydrogens (tertiary/aromatic N) is 7. The molecule has 5 rings (SSSR count). The minimum Gasteiger partial charge on any atom is -0.383 e. The lowest BCUT2D eigenvalue weighted by molar-refractivity contribution is -0.0457. The van der Waals surface area contributed by atoms with Gasteiger partial charge in [0.25, 0.3) is 0 Å². The van der Waals surface area contributed by atoms with Gasteiger partial charge in [-0.15, -0.1) is 5.10 Å². The predicted octanol–water partition coefficient (Wildman–Crippen LogP) is 2.12. The van der Waals surface area contributed by atoms with Crippen molar-refractivity contribution in [2.45, 2.75) is 25.1 Å². The summed E-state index contributed by atoms with van der Waals surface area (Å²) >= 11 is 0. The molecule has 0 aliphatic carbocycles. The van der Waals surface area contributed by atoms with E-state index in [4.69, 9.17) is 0 Å². The van der Waals surface area contributed by atoms with Crippen molar-refractivity contribution in [2.24, 2.45) is 5.92 Å². The Morgan fingerprint density at radius 2 is 1.97 bits per heavy atom. The number of aliphatic hydroxyl groups is 1. The summed E-state index contributed by atoms with van der Waals surface area (Å²) in [6.45, 7) is 2.07. The van der Waals surface area contributed by atoms with Crippen LogP contribution in [-0.4, -0.2) is 53.5 Å². The van der Waals surface area contributed by atoms with Crippen molar-refractivity contribution in [1.82, 2.24) is 35.1 Å². The highest BCUT2D eigenvalue weighted by Gasteiger charge is 2.47. The summed E-state index contributed by atoms with van der Waals surface area (Å²) in [5, 5.41) is 26.7. The molecule has 1 aliphatic rings. The van der Waals surface area contributed by atoms with Gasteiger partial charge in [-0.25, -0.2) is 23.5 Å². The Morgan fingerprint density at radius 1 is 1.21 bits per heavy atom. The van der Waals surface area contributed by atoms with Crippen LogP contribution in [0.25, 0.3) is 5.69 Å². The molecule has 34 heavy (non-hydrogen) atoms. The lowest BCUT2D eigenvalue weighted by Gasteiger charge is -2.40. The number of carbonyl (C=O) groups excluding carboxylic acids is 1. The molecule has 1 saturated heterocycles. The number of anilines is 1. The fourth-order valence-electron chi connectivity index (χ4n) is 4.51. The van der Waals surface area contributed by atoms with E-state index in [0.29, 0.717) is 12.2 Å². The van der Waals surface area contributed by atoms with Gasteiger partial charge >= 0.3 is 6.03 Å². The van der Waals surface area contributed by atoms with Crippen LogP contribution in [0.2, 0.25) is 0 Å². The van der Waals surface area contributed by atoms with Crippen molar-refractivity contribution in [3.63, 3.8) is 0 Å². The summed E-state index contributed by atoms with van der Waals surface area (Å²) in [4.78, 5) is 18.4. The molecule has 0 saturated carbocycles. The Kier molecular flexibility index (Phi) is 5.54.